The van der Waals surface area contributed by atoms with E-state index < -0.39 is 0 Å². The Labute approximate surface area is 150 Å². The van der Waals surface area contributed by atoms with Crippen molar-refractivity contribution in [3.05, 3.63) is 71.8 Å². The second-order valence-corrected chi connectivity index (χ2v) is 6.15. The molecule has 25 heavy (non-hydrogen) atoms. The van der Waals surface area contributed by atoms with E-state index in [0.29, 0.717) is 12.5 Å². The van der Waals surface area contributed by atoms with E-state index in [-0.39, 0.29) is 5.78 Å². The highest BCUT2D eigenvalue weighted by Gasteiger charge is 2.24. The maximum atomic E-state index is 11.2. The van der Waals surface area contributed by atoms with E-state index >= 15 is 0 Å². The molecule has 2 rings (SSSR count). The average Bonchev–Trinajstić information content (AvgIpc) is 2.59. The fourth-order valence-corrected chi connectivity index (χ4v) is 3.05. The summed E-state index contributed by atoms with van der Waals surface area (Å²) >= 11 is 0. The maximum absolute atomic E-state index is 11.2. The SMILES string of the molecule is C=Cc1cc[n+](CO/C(C)=C\C(C)=O)c(C2=C(C)C=CCC2)c1C=C. The fourth-order valence-electron chi connectivity index (χ4n) is 3.05. The highest BCUT2D eigenvalue weighted by molar-refractivity contribution is 5.87. The first-order valence-electron chi connectivity index (χ1n) is 8.47. The molecular formula is C22H26NO2+. The van der Waals surface area contributed by atoms with Gasteiger partial charge in [0.15, 0.2) is 12.0 Å². The number of hydrogen-bond acceptors (Lipinski definition) is 2. The Morgan fingerprint density at radius 3 is 2.68 bits per heavy atom. The summed E-state index contributed by atoms with van der Waals surface area (Å²) in [6.07, 6.45) is 13.6. The lowest BCUT2D eigenvalue weighted by atomic mass is 9.91. The van der Waals surface area contributed by atoms with Crippen LogP contribution in [0.2, 0.25) is 0 Å². The smallest absolute Gasteiger partial charge is 0.292 e. The summed E-state index contributed by atoms with van der Waals surface area (Å²) in [6, 6.07) is 2.01. The number of carbonyl (C=O) groups is 1. The minimum Gasteiger partial charge on any atom is -0.440 e. The van der Waals surface area contributed by atoms with Gasteiger partial charge in [-0.3, -0.25) is 4.79 Å². The van der Waals surface area contributed by atoms with Gasteiger partial charge in [0.1, 0.15) is 5.76 Å². The van der Waals surface area contributed by atoms with Crippen LogP contribution in [-0.2, 0) is 16.3 Å². The molecule has 3 heteroatoms. The Hall–Kier alpha value is -2.68. The zero-order chi connectivity index (χ0) is 18.4. The number of carbonyl (C=O) groups excluding carboxylic acids is 1. The Morgan fingerprint density at radius 1 is 1.32 bits per heavy atom. The Morgan fingerprint density at radius 2 is 2.08 bits per heavy atom. The predicted molar refractivity (Wildman–Crippen MR) is 103 cm³/mol. The van der Waals surface area contributed by atoms with Gasteiger partial charge in [0.05, 0.1) is 5.56 Å². The number of pyridine rings is 1. The van der Waals surface area contributed by atoms with Crippen molar-refractivity contribution in [3.63, 3.8) is 0 Å². The molecule has 0 saturated carbocycles. The van der Waals surface area contributed by atoms with Gasteiger partial charge in [0.25, 0.3) is 6.73 Å². The summed E-state index contributed by atoms with van der Waals surface area (Å²) in [5, 5.41) is 0. The number of nitrogens with zero attached hydrogens (tertiary/aromatic N) is 1. The molecule has 0 aromatic carbocycles. The molecule has 0 saturated heterocycles. The molecule has 1 aromatic heterocycles. The maximum Gasteiger partial charge on any atom is 0.292 e. The van der Waals surface area contributed by atoms with Crippen LogP contribution in [0, 0.1) is 0 Å². The van der Waals surface area contributed by atoms with Gasteiger partial charge in [-0.05, 0) is 44.7 Å². The van der Waals surface area contributed by atoms with Crippen molar-refractivity contribution in [1.29, 1.82) is 0 Å². The number of aromatic nitrogens is 1. The van der Waals surface area contributed by atoms with E-state index in [4.69, 9.17) is 4.74 Å². The van der Waals surface area contributed by atoms with Crippen molar-refractivity contribution in [1.82, 2.24) is 0 Å². The van der Waals surface area contributed by atoms with Crippen LogP contribution in [0.4, 0.5) is 0 Å². The van der Waals surface area contributed by atoms with Gasteiger partial charge in [-0.25, -0.2) is 0 Å². The Kier molecular flexibility index (Phi) is 6.29. The van der Waals surface area contributed by atoms with Gasteiger partial charge in [0, 0.05) is 17.7 Å². The molecule has 0 radical (unpaired) electrons. The largest absolute Gasteiger partial charge is 0.440 e. The molecule has 0 N–H and O–H groups in total. The first-order valence-corrected chi connectivity index (χ1v) is 8.47. The topological polar surface area (TPSA) is 30.2 Å². The molecular weight excluding hydrogens is 310 g/mol. The lowest BCUT2D eigenvalue weighted by Crippen LogP contribution is -2.40. The van der Waals surface area contributed by atoms with Crippen molar-refractivity contribution in [2.24, 2.45) is 0 Å². The third-order valence-electron chi connectivity index (χ3n) is 4.24. The van der Waals surface area contributed by atoms with E-state index in [0.717, 1.165) is 29.7 Å². The molecule has 3 nitrogen and oxygen atoms in total. The number of allylic oxidation sites excluding steroid dienone is 6. The van der Waals surface area contributed by atoms with Gasteiger partial charge < -0.3 is 4.74 Å². The van der Waals surface area contributed by atoms with Crippen LogP contribution in [0.3, 0.4) is 0 Å². The quantitative estimate of drug-likeness (QED) is 0.405. The predicted octanol–water partition coefficient (Wildman–Crippen LogP) is 4.85. The van der Waals surface area contributed by atoms with Crippen LogP contribution < -0.4 is 4.57 Å². The summed E-state index contributed by atoms with van der Waals surface area (Å²) < 4.78 is 7.85. The van der Waals surface area contributed by atoms with Gasteiger partial charge in [-0.1, -0.05) is 37.5 Å². The molecule has 130 valence electrons. The van der Waals surface area contributed by atoms with Crippen molar-refractivity contribution in [2.75, 3.05) is 0 Å². The first kappa shape index (κ1) is 18.7. The number of ether oxygens (including phenoxy) is 1. The molecule has 0 amide bonds. The zero-order valence-corrected chi connectivity index (χ0v) is 15.3. The Bertz CT molecular complexity index is 794. The summed E-state index contributed by atoms with van der Waals surface area (Å²) in [6.45, 7) is 13.7. The third-order valence-corrected chi connectivity index (χ3v) is 4.24. The summed E-state index contributed by atoms with van der Waals surface area (Å²) in [5.41, 5.74) is 5.74. The van der Waals surface area contributed by atoms with Crippen molar-refractivity contribution >= 4 is 23.5 Å². The molecule has 1 aromatic rings. The Balaban J connectivity index is 2.53. The molecule has 1 heterocycles. The van der Waals surface area contributed by atoms with Crippen LogP contribution in [0.25, 0.3) is 17.7 Å². The summed E-state index contributed by atoms with van der Waals surface area (Å²) in [7, 11) is 0. The first-order chi connectivity index (χ1) is 12.0. The second kappa shape index (κ2) is 8.43. The van der Waals surface area contributed by atoms with Crippen LogP contribution in [0.1, 0.15) is 50.4 Å². The van der Waals surface area contributed by atoms with E-state index in [1.54, 1.807) is 6.92 Å². The third kappa shape index (κ3) is 4.44. The van der Waals surface area contributed by atoms with Gasteiger partial charge in [-0.15, -0.1) is 0 Å². The molecule has 0 fully saturated rings. The van der Waals surface area contributed by atoms with Gasteiger partial charge in [0.2, 0.25) is 5.69 Å². The molecule has 0 spiro atoms. The van der Waals surface area contributed by atoms with E-state index in [1.165, 1.54) is 24.1 Å². The van der Waals surface area contributed by atoms with E-state index in [2.05, 4.69) is 36.8 Å². The minimum atomic E-state index is -0.0209. The summed E-state index contributed by atoms with van der Waals surface area (Å²) in [4.78, 5) is 11.2. The molecule has 0 atom stereocenters. The van der Waals surface area contributed by atoms with Gasteiger partial charge in [-0.2, -0.15) is 4.57 Å². The highest BCUT2D eigenvalue weighted by Crippen LogP contribution is 2.30. The standard InChI is InChI=1S/C22H26NO2/c1-6-19-12-13-23(15-25-18(5)14-17(4)24)22(20(19)7-2)21-11-9-8-10-16(21)3/h6-8,10,12-14H,1-2,9,11,15H2,3-5H3/q+1/b18-14-. The highest BCUT2D eigenvalue weighted by atomic mass is 16.5. The fraction of sp³-hybridized carbons (Fsp3) is 0.273. The average molecular weight is 336 g/mol. The second-order valence-electron chi connectivity index (χ2n) is 6.15. The van der Waals surface area contributed by atoms with Crippen LogP contribution in [0.5, 0.6) is 0 Å². The van der Waals surface area contributed by atoms with E-state index in [1.807, 2.05) is 24.4 Å². The molecule has 0 unspecified atom stereocenters. The van der Waals surface area contributed by atoms with E-state index in [9.17, 15) is 4.79 Å². The van der Waals surface area contributed by atoms with Crippen molar-refractivity contribution in [2.45, 2.75) is 40.3 Å². The molecule has 1 aliphatic rings. The number of ketones is 1. The van der Waals surface area contributed by atoms with Crippen LogP contribution in [-0.4, -0.2) is 5.78 Å². The van der Waals surface area contributed by atoms with Crippen LogP contribution in [0.15, 0.2) is 55.0 Å². The van der Waals surface area contributed by atoms with Crippen molar-refractivity contribution in [3.8, 4) is 0 Å². The van der Waals surface area contributed by atoms with Gasteiger partial charge >= 0.3 is 0 Å². The minimum absolute atomic E-state index is 0.0209. The molecule has 1 aliphatic carbocycles. The molecule has 0 bridgehead atoms. The lowest BCUT2D eigenvalue weighted by molar-refractivity contribution is -0.732. The van der Waals surface area contributed by atoms with Crippen molar-refractivity contribution < 1.29 is 14.1 Å². The lowest BCUT2D eigenvalue weighted by Gasteiger charge is -2.16. The monoisotopic (exact) mass is 336 g/mol. The molecule has 0 aliphatic heterocycles. The van der Waals surface area contributed by atoms with Crippen LogP contribution >= 0.6 is 0 Å². The summed E-state index contributed by atoms with van der Waals surface area (Å²) in [5.74, 6) is 0.584. The number of hydrogen-bond donors (Lipinski definition) is 0. The number of rotatable bonds is 7. The normalized spacial score (nSPS) is 14.4. The zero-order valence-electron chi connectivity index (χ0n) is 15.3.